The van der Waals surface area contributed by atoms with Gasteiger partial charge < -0.3 is 0 Å². The van der Waals surface area contributed by atoms with E-state index in [1.165, 1.54) is 12.1 Å². The monoisotopic (exact) mass is 271 g/mol. The molecular weight excluding hydrogens is 261 g/mol. The Balaban J connectivity index is 1.87. The summed E-state index contributed by atoms with van der Waals surface area (Å²) >= 11 is 1.55. The number of thiophene rings is 1. The normalized spacial score (nSPS) is 10.8. The smallest absolute Gasteiger partial charge is 0.168 e. The summed E-state index contributed by atoms with van der Waals surface area (Å²) in [4.78, 5) is 16.4. The number of carbonyl (C=O) groups is 1. The van der Waals surface area contributed by atoms with E-state index in [-0.39, 0.29) is 18.0 Å². The maximum absolute atomic E-state index is 13.1. The van der Waals surface area contributed by atoms with Crippen molar-refractivity contribution in [3.63, 3.8) is 0 Å². The number of ketones is 1. The molecule has 4 heteroatoms. The molecule has 0 saturated carbocycles. The molecule has 0 unspecified atom stereocenters. The van der Waals surface area contributed by atoms with Gasteiger partial charge in [0.2, 0.25) is 0 Å². The van der Waals surface area contributed by atoms with Crippen LogP contribution in [-0.4, -0.2) is 10.8 Å². The summed E-state index contributed by atoms with van der Waals surface area (Å²) in [5, 5.41) is 1.94. The number of aromatic nitrogens is 1. The molecule has 19 heavy (non-hydrogen) atoms. The van der Waals surface area contributed by atoms with Crippen LogP contribution in [0.5, 0.6) is 0 Å². The van der Waals surface area contributed by atoms with Gasteiger partial charge in [0.1, 0.15) is 5.82 Å². The molecule has 0 fully saturated rings. The molecule has 1 aromatic carbocycles. The summed E-state index contributed by atoms with van der Waals surface area (Å²) in [6.07, 6.45) is 1.77. The lowest BCUT2D eigenvalue weighted by atomic mass is 10.0. The van der Waals surface area contributed by atoms with E-state index in [1.807, 2.05) is 17.5 Å². The Morgan fingerprint density at radius 3 is 3.00 bits per heavy atom. The minimum absolute atomic E-state index is 0.0478. The predicted octanol–water partition coefficient (Wildman–Crippen LogP) is 3.86. The molecule has 0 aliphatic carbocycles. The third kappa shape index (κ3) is 2.53. The third-order valence-electron chi connectivity index (χ3n) is 2.88. The Labute approximate surface area is 113 Å². The first kappa shape index (κ1) is 12.0. The number of Topliss-reactive ketones (excluding diaryl/α,β-unsaturated/α-hetero) is 1. The van der Waals surface area contributed by atoms with E-state index < -0.39 is 0 Å². The van der Waals surface area contributed by atoms with Crippen molar-refractivity contribution in [3.8, 4) is 0 Å². The van der Waals surface area contributed by atoms with Crippen LogP contribution in [0.4, 0.5) is 4.39 Å². The fourth-order valence-corrected chi connectivity index (χ4v) is 2.71. The van der Waals surface area contributed by atoms with E-state index in [0.717, 1.165) is 10.2 Å². The summed E-state index contributed by atoms with van der Waals surface area (Å²) in [6, 6.07) is 9.87. The number of hydrogen-bond acceptors (Lipinski definition) is 3. The first-order chi connectivity index (χ1) is 9.22. The fraction of sp³-hybridized carbons (Fsp3) is 0.0667. The van der Waals surface area contributed by atoms with Gasteiger partial charge in [-0.15, -0.1) is 11.3 Å². The van der Waals surface area contributed by atoms with Gasteiger partial charge in [-0.2, -0.15) is 0 Å². The van der Waals surface area contributed by atoms with Gasteiger partial charge in [0, 0.05) is 18.2 Å². The van der Waals surface area contributed by atoms with Crippen LogP contribution in [0.25, 0.3) is 10.2 Å². The Hall–Kier alpha value is -2.07. The molecular formula is C15H10FNOS. The molecule has 0 atom stereocenters. The molecule has 0 aliphatic heterocycles. The highest BCUT2D eigenvalue weighted by atomic mass is 32.1. The summed E-state index contributed by atoms with van der Waals surface area (Å²) in [5.41, 5.74) is 2.14. The van der Waals surface area contributed by atoms with Gasteiger partial charge in [-0.1, -0.05) is 12.1 Å². The van der Waals surface area contributed by atoms with E-state index in [2.05, 4.69) is 4.98 Å². The van der Waals surface area contributed by atoms with E-state index in [4.69, 9.17) is 0 Å². The number of halogens is 1. The summed E-state index contributed by atoms with van der Waals surface area (Å²) < 4.78 is 14.1. The molecule has 0 aliphatic rings. The Morgan fingerprint density at radius 2 is 2.16 bits per heavy atom. The third-order valence-corrected chi connectivity index (χ3v) is 3.73. The van der Waals surface area contributed by atoms with Gasteiger partial charge in [-0.3, -0.25) is 9.78 Å². The SMILES string of the molecule is O=C(Cc1cccc(F)c1)c1cnc2ccsc2c1. The molecule has 0 radical (unpaired) electrons. The molecule has 3 rings (SSSR count). The van der Waals surface area contributed by atoms with Crippen LogP contribution < -0.4 is 0 Å². The van der Waals surface area contributed by atoms with Gasteiger partial charge in [-0.25, -0.2) is 4.39 Å². The molecule has 3 aromatic rings. The number of rotatable bonds is 3. The van der Waals surface area contributed by atoms with Crippen molar-refractivity contribution in [3.05, 3.63) is 64.9 Å². The highest BCUT2D eigenvalue weighted by Gasteiger charge is 2.09. The van der Waals surface area contributed by atoms with E-state index >= 15 is 0 Å². The number of benzene rings is 1. The van der Waals surface area contributed by atoms with Crippen molar-refractivity contribution in [1.29, 1.82) is 0 Å². The van der Waals surface area contributed by atoms with Crippen LogP contribution >= 0.6 is 11.3 Å². The van der Waals surface area contributed by atoms with Crippen molar-refractivity contribution < 1.29 is 9.18 Å². The molecule has 0 spiro atoms. The number of nitrogens with zero attached hydrogens (tertiary/aromatic N) is 1. The van der Waals surface area contributed by atoms with E-state index in [1.54, 1.807) is 29.7 Å². The largest absolute Gasteiger partial charge is 0.294 e. The maximum Gasteiger partial charge on any atom is 0.168 e. The van der Waals surface area contributed by atoms with Gasteiger partial charge in [0.05, 0.1) is 10.2 Å². The van der Waals surface area contributed by atoms with E-state index in [9.17, 15) is 9.18 Å². The predicted molar refractivity (Wildman–Crippen MR) is 74.1 cm³/mol. The number of carbonyl (C=O) groups excluding carboxylic acids is 1. The number of fused-ring (bicyclic) bond motifs is 1. The average molecular weight is 271 g/mol. The van der Waals surface area contributed by atoms with Gasteiger partial charge >= 0.3 is 0 Å². The Morgan fingerprint density at radius 1 is 1.26 bits per heavy atom. The molecule has 2 nitrogen and oxygen atoms in total. The Kier molecular flexibility index (Phi) is 3.09. The number of pyridine rings is 1. The van der Waals surface area contributed by atoms with Gasteiger partial charge in [0.25, 0.3) is 0 Å². The van der Waals surface area contributed by atoms with Crippen LogP contribution in [0.15, 0.2) is 48.0 Å². The lowest BCUT2D eigenvalue weighted by Gasteiger charge is -2.02. The van der Waals surface area contributed by atoms with Crippen LogP contribution in [0, 0.1) is 5.82 Å². The molecule has 2 heterocycles. The second-order valence-corrected chi connectivity index (χ2v) is 5.21. The van der Waals surface area contributed by atoms with Crippen molar-refractivity contribution in [2.75, 3.05) is 0 Å². The Bertz CT molecular complexity index is 750. The van der Waals surface area contributed by atoms with Crippen LogP contribution in [0.2, 0.25) is 0 Å². The lowest BCUT2D eigenvalue weighted by molar-refractivity contribution is 0.0993. The second kappa shape index (κ2) is 4.90. The minimum atomic E-state index is -0.322. The maximum atomic E-state index is 13.1. The van der Waals surface area contributed by atoms with Crippen molar-refractivity contribution in [2.24, 2.45) is 0 Å². The van der Waals surface area contributed by atoms with Gasteiger partial charge in [0.15, 0.2) is 5.78 Å². The standard InChI is InChI=1S/C15H10FNOS/c16-12-3-1-2-10(6-12)7-14(18)11-8-15-13(17-9-11)4-5-19-15/h1-6,8-9H,7H2. The molecule has 0 amide bonds. The van der Waals surface area contributed by atoms with Crippen molar-refractivity contribution in [2.45, 2.75) is 6.42 Å². The fourth-order valence-electron chi connectivity index (χ4n) is 1.93. The van der Waals surface area contributed by atoms with Crippen LogP contribution in [-0.2, 0) is 6.42 Å². The van der Waals surface area contributed by atoms with Crippen LogP contribution in [0.3, 0.4) is 0 Å². The zero-order valence-electron chi connectivity index (χ0n) is 9.97. The molecule has 0 bridgehead atoms. The summed E-state index contributed by atoms with van der Waals surface area (Å²) in [7, 11) is 0. The van der Waals surface area contributed by atoms with Gasteiger partial charge in [-0.05, 0) is 35.2 Å². The molecule has 0 saturated heterocycles. The van der Waals surface area contributed by atoms with Crippen molar-refractivity contribution in [1.82, 2.24) is 4.98 Å². The first-order valence-corrected chi connectivity index (χ1v) is 6.71. The molecule has 0 N–H and O–H groups in total. The zero-order valence-corrected chi connectivity index (χ0v) is 10.8. The quantitative estimate of drug-likeness (QED) is 0.677. The summed E-state index contributed by atoms with van der Waals surface area (Å²) in [5.74, 6) is -0.370. The van der Waals surface area contributed by atoms with E-state index in [0.29, 0.717) is 11.1 Å². The number of hydrogen-bond donors (Lipinski definition) is 0. The van der Waals surface area contributed by atoms with Crippen LogP contribution in [0.1, 0.15) is 15.9 Å². The van der Waals surface area contributed by atoms with Crippen molar-refractivity contribution >= 4 is 27.3 Å². The highest BCUT2D eigenvalue weighted by Crippen LogP contribution is 2.20. The first-order valence-electron chi connectivity index (χ1n) is 5.83. The lowest BCUT2D eigenvalue weighted by Crippen LogP contribution is -2.04. The second-order valence-electron chi connectivity index (χ2n) is 4.26. The molecule has 2 aromatic heterocycles. The highest BCUT2D eigenvalue weighted by molar-refractivity contribution is 7.17. The summed E-state index contributed by atoms with van der Waals surface area (Å²) in [6.45, 7) is 0. The minimum Gasteiger partial charge on any atom is -0.294 e. The topological polar surface area (TPSA) is 30.0 Å². The zero-order chi connectivity index (χ0) is 13.2. The molecule has 94 valence electrons. The average Bonchev–Trinajstić information content (AvgIpc) is 2.85.